The molecule has 1 amide bonds. The molecule has 0 spiro atoms. The lowest BCUT2D eigenvalue weighted by Crippen LogP contribution is -2.24. The maximum absolute atomic E-state index is 11.8. The van der Waals surface area contributed by atoms with E-state index in [-0.39, 0.29) is 12.5 Å². The van der Waals surface area contributed by atoms with Gasteiger partial charge in [0.2, 0.25) is 0 Å². The predicted octanol–water partition coefficient (Wildman–Crippen LogP) is 1.64. The molecule has 0 saturated carbocycles. The summed E-state index contributed by atoms with van der Waals surface area (Å²) < 4.78 is 5.19. The molecule has 1 rings (SSSR count). The first kappa shape index (κ1) is 15.7. The van der Waals surface area contributed by atoms with E-state index in [1.807, 2.05) is 6.92 Å². The number of ether oxygens (including phenoxy) is 1. The van der Waals surface area contributed by atoms with Crippen LogP contribution in [0.25, 0.3) is 0 Å². The van der Waals surface area contributed by atoms with E-state index in [4.69, 9.17) is 9.84 Å². The third-order valence-corrected chi connectivity index (χ3v) is 3.11. The minimum absolute atomic E-state index is 0.0611. The van der Waals surface area contributed by atoms with Crippen molar-refractivity contribution in [1.29, 1.82) is 0 Å². The highest BCUT2D eigenvalue weighted by atomic mass is 32.1. The van der Waals surface area contributed by atoms with E-state index in [1.54, 1.807) is 11.4 Å². The van der Waals surface area contributed by atoms with Crippen molar-refractivity contribution < 1.29 is 14.6 Å². The van der Waals surface area contributed by atoms with Crippen LogP contribution < -0.4 is 5.32 Å². The highest BCUT2D eigenvalue weighted by Gasteiger charge is 2.06. The SMILES string of the molecule is CCOCCCNC(=O)c1csc(C#CCCO)c1. The molecule has 0 bridgehead atoms. The molecule has 2 N–H and O–H groups in total. The van der Waals surface area contributed by atoms with E-state index in [0.717, 1.165) is 11.3 Å². The fraction of sp³-hybridized carbons (Fsp3) is 0.500. The summed E-state index contributed by atoms with van der Waals surface area (Å²) >= 11 is 1.43. The van der Waals surface area contributed by atoms with Crippen LogP contribution in [0.3, 0.4) is 0 Å². The smallest absolute Gasteiger partial charge is 0.252 e. The molecule has 0 fully saturated rings. The Kier molecular flexibility index (Phi) is 7.91. The molecule has 0 aliphatic heterocycles. The third-order valence-electron chi connectivity index (χ3n) is 2.27. The normalized spacial score (nSPS) is 9.79. The minimum Gasteiger partial charge on any atom is -0.395 e. The topological polar surface area (TPSA) is 58.6 Å². The number of carbonyl (C=O) groups is 1. The number of aliphatic hydroxyl groups is 1. The van der Waals surface area contributed by atoms with Crippen molar-refractivity contribution in [3.05, 3.63) is 21.9 Å². The van der Waals surface area contributed by atoms with Crippen LogP contribution in [0.4, 0.5) is 0 Å². The largest absolute Gasteiger partial charge is 0.395 e. The van der Waals surface area contributed by atoms with Crippen LogP contribution in [-0.4, -0.2) is 37.4 Å². The van der Waals surface area contributed by atoms with Gasteiger partial charge in [-0.25, -0.2) is 0 Å². The summed E-state index contributed by atoms with van der Waals surface area (Å²) in [4.78, 5) is 12.6. The van der Waals surface area contributed by atoms with Gasteiger partial charge in [-0.15, -0.1) is 11.3 Å². The lowest BCUT2D eigenvalue weighted by atomic mass is 10.3. The van der Waals surface area contributed by atoms with E-state index in [0.29, 0.717) is 31.7 Å². The first-order chi connectivity index (χ1) is 9.27. The van der Waals surface area contributed by atoms with Crippen LogP contribution in [0.2, 0.25) is 0 Å². The summed E-state index contributed by atoms with van der Waals surface area (Å²) in [6.45, 7) is 3.99. The number of thiophene rings is 1. The van der Waals surface area contributed by atoms with Crippen molar-refractivity contribution >= 4 is 17.2 Å². The van der Waals surface area contributed by atoms with Crippen molar-refractivity contribution in [3.8, 4) is 11.8 Å². The molecule has 0 saturated heterocycles. The Hall–Kier alpha value is -1.35. The van der Waals surface area contributed by atoms with Gasteiger partial charge in [0.1, 0.15) is 0 Å². The zero-order valence-electron chi connectivity index (χ0n) is 11.1. The molecular weight excluding hydrogens is 262 g/mol. The number of aliphatic hydroxyl groups excluding tert-OH is 1. The summed E-state index contributed by atoms with van der Waals surface area (Å²) in [7, 11) is 0. The quantitative estimate of drug-likeness (QED) is 0.590. The zero-order chi connectivity index (χ0) is 13.9. The molecule has 0 aliphatic carbocycles. The third kappa shape index (κ3) is 6.39. The van der Waals surface area contributed by atoms with Gasteiger partial charge in [0, 0.05) is 31.6 Å². The fourth-order valence-electron chi connectivity index (χ4n) is 1.35. The molecule has 0 unspecified atom stereocenters. The average molecular weight is 281 g/mol. The summed E-state index contributed by atoms with van der Waals surface area (Å²) in [5, 5.41) is 13.3. The highest BCUT2D eigenvalue weighted by molar-refractivity contribution is 7.10. The Morgan fingerprint density at radius 1 is 1.58 bits per heavy atom. The predicted molar refractivity (Wildman–Crippen MR) is 76.3 cm³/mol. The van der Waals surface area contributed by atoms with Gasteiger partial charge < -0.3 is 15.2 Å². The molecule has 0 aromatic carbocycles. The van der Waals surface area contributed by atoms with Crippen molar-refractivity contribution in [3.63, 3.8) is 0 Å². The average Bonchev–Trinajstić information content (AvgIpc) is 2.87. The van der Waals surface area contributed by atoms with Crippen LogP contribution >= 0.6 is 11.3 Å². The monoisotopic (exact) mass is 281 g/mol. The second-order valence-electron chi connectivity index (χ2n) is 3.78. The van der Waals surface area contributed by atoms with E-state index >= 15 is 0 Å². The Bertz CT molecular complexity index is 445. The van der Waals surface area contributed by atoms with Crippen LogP contribution in [0.5, 0.6) is 0 Å². The fourth-order valence-corrected chi connectivity index (χ4v) is 2.10. The first-order valence-electron chi connectivity index (χ1n) is 6.32. The van der Waals surface area contributed by atoms with Gasteiger partial charge >= 0.3 is 0 Å². The van der Waals surface area contributed by atoms with Gasteiger partial charge in [0.05, 0.1) is 17.0 Å². The number of rotatable bonds is 7. The van der Waals surface area contributed by atoms with Crippen LogP contribution in [0, 0.1) is 11.8 Å². The van der Waals surface area contributed by atoms with E-state index in [1.165, 1.54) is 11.3 Å². The molecule has 0 atom stereocenters. The van der Waals surface area contributed by atoms with E-state index in [2.05, 4.69) is 17.2 Å². The van der Waals surface area contributed by atoms with Gasteiger partial charge in [-0.2, -0.15) is 0 Å². The van der Waals surface area contributed by atoms with Crippen molar-refractivity contribution in [2.75, 3.05) is 26.4 Å². The molecule has 1 aromatic heterocycles. The highest BCUT2D eigenvalue weighted by Crippen LogP contribution is 2.13. The Balaban J connectivity index is 2.35. The Morgan fingerprint density at radius 2 is 2.42 bits per heavy atom. The molecule has 104 valence electrons. The molecule has 19 heavy (non-hydrogen) atoms. The van der Waals surface area contributed by atoms with Crippen LogP contribution in [-0.2, 0) is 4.74 Å². The van der Waals surface area contributed by atoms with Gasteiger partial charge in [-0.05, 0) is 19.4 Å². The van der Waals surface area contributed by atoms with Crippen molar-refractivity contribution in [2.24, 2.45) is 0 Å². The molecular formula is C14H19NO3S. The summed E-state index contributed by atoms with van der Waals surface area (Å²) in [5.74, 6) is 5.66. The van der Waals surface area contributed by atoms with Crippen LogP contribution in [0.1, 0.15) is 35.0 Å². The summed E-state index contributed by atoms with van der Waals surface area (Å²) in [6, 6.07) is 1.77. The molecule has 1 heterocycles. The maximum atomic E-state index is 11.8. The summed E-state index contributed by atoms with van der Waals surface area (Å²) in [5.41, 5.74) is 0.634. The first-order valence-corrected chi connectivity index (χ1v) is 7.20. The molecule has 5 heteroatoms. The van der Waals surface area contributed by atoms with E-state index in [9.17, 15) is 4.79 Å². The molecule has 0 radical (unpaired) electrons. The van der Waals surface area contributed by atoms with Crippen LogP contribution in [0.15, 0.2) is 11.4 Å². The van der Waals surface area contributed by atoms with E-state index < -0.39 is 0 Å². The standard InChI is InChI=1S/C14H19NO3S/c1-2-18-9-5-7-15-14(17)12-10-13(19-11-12)6-3-4-8-16/h10-11,16H,2,4-5,7-9H2,1H3,(H,15,17). The lowest BCUT2D eigenvalue weighted by molar-refractivity contribution is 0.0944. The van der Waals surface area contributed by atoms with Crippen molar-refractivity contribution in [2.45, 2.75) is 19.8 Å². The second-order valence-corrected chi connectivity index (χ2v) is 4.69. The van der Waals surface area contributed by atoms with Gasteiger partial charge in [-0.3, -0.25) is 4.79 Å². The number of nitrogens with one attached hydrogen (secondary N) is 1. The maximum Gasteiger partial charge on any atom is 0.252 e. The lowest BCUT2D eigenvalue weighted by Gasteiger charge is -2.03. The van der Waals surface area contributed by atoms with Gasteiger partial charge in [0.25, 0.3) is 5.91 Å². The summed E-state index contributed by atoms with van der Waals surface area (Å²) in [6.07, 6.45) is 1.27. The molecule has 1 aromatic rings. The number of hydrogen-bond acceptors (Lipinski definition) is 4. The second kappa shape index (κ2) is 9.56. The Morgan fingerprint density at radius 3 is 3.16 bits per heavy atom. The zero-order valence-corrected chi connectivity index (χ0v) is 11.9. The van der Waals surface area contributed by atoms with Gasteiger partial charge in [0.15, 0.2) is 0 Å². The van der Waals surface area contributed by atoms with Gasteiger partial charge in [-0.1, -0.05) is 11.8 Å². The number of carbonyl (C=O) groups excluding carboxylic acids is 1. The number of hydrogen-bond donors (Lipinski definition) is 2. The molecule has 4 nitrogen and oxygen atoms in total. The minimum atomic E-state index is -0.0806. The number of amides is 1. The Labute approximate surface area is 117 Å². The van der Waals surface area contributed by atoms with Crippen molar-refractivity contribution in [1.82, 2.24) is 5.32 Å². The molecule has 0 aliphatic rings.